The van der Waals surface area contributed by atoms with Crippen LogP contribution in [0.5, 0.6) is 0 Å². The predicted molar refractivity (Wildman–Crippen MR) is 105 cm³/mol. The number of carbonyl (C=O) groups is 2. The molecule has 4 N–H and O–H groups in total. The Morgan fingerprint density at radius 3 is 2.41 bits per heavy atom. The van der Waals surface area contributed by atoms with E-state index in [2.05, 4.69) is 10.6 Å². The highest BCUT2D eigenvalue weighted by molar-refractivity contribution is 6.34. The Morgan fingerprint density at radius 1 is 1.33 bits per heavy atom. The Kier molecular flexibility index (Phi) is 8.46. The first kappa shape index (κ1) is 23.1. The van der Waals surface area contributed by atoms with E-state index in [0.29, 0.717) is 12.5 Å². The van der Waals surface area contributed by atoms with Crippen LogP contribution in [0.2, 0.25) is 5.02 Å². The zero-order chi connectivity index (χ0) is 19.4. The monoisotopic (exact) mass is 418 g/mol. The molecule has 1 aromatic carbocycles. The van der Waals surface area contributed by atoms with Gasteiger partial charge in [-0.25, -0.2) is 0 Å². The number of nitro benzene ring substituents is 1. The van der Waals surface area contributed by atoms with Gasteiger partial charge in [0.25, 0.3) is 11.6 Å². The van der Waals surface area contributed by atoms with Crippen molar-refractivity contribution in [1.29, 1.82) is 0 Å². The van der Waals surface area contributed by atoms with Gasteiger partial charge in [-0.05, 0) is 30.7 Å². The predicted octanol–water partition coefficient (Wildman–Crippen LogP) is 2.28. The van der Waals surface area contributed by atoms with Crippen molar-refractivity contribution in [2.45, 2.75) is 38.8 Å². The second-order valence-electron chi connectivity index (χ2n) is 6.80. The molecule has 8 nitrogen and oxygen atoms in total. The average Bonchev–Trinajstić information content (AvgIpc) is 3.41. The molecule has 0 radical (unpaired) electrons. The summed E-state index contributed by atoms with van der Waals surface area (Å²) in [5.41, 5.74) is 5.58. The fourth-order valence-corrected chi connectivity index (χ4v) is 2.96. The van der Waals surface area contributed by atoms with Gasteiger partial charge in [-0.3, -0.25) is 19.7 Å². The molecule has 10 heteroatoms. The third kappa shape index (κ3) is 6.05. The van der Waals surface area contributed by atoms with Crippen molar-refractivity contribution >= 4 is 41.5 Å². The average molecular weight is 419 g/mol. The molecule has 1 fully saturated rings. The Hall–Kier alpha value is -1.90. The molecular weight excluding hydrogens is 395 g/mol. The topological polar surface area (TPSA) is 127 Å². The minimum atomic E-state index is -0.762. The molecule has 0 heterocycles. The molecular formula is C17H24Cl2N4O4. The van der Waals surface area contributed by atoms with E-state index in [4.69, 9.17) is 17.3 Å². The van der Waals surface area contributed by atoms with Gasteiger partial charge >= 0.3 is 0 Å². The van der Waals surface area contributed by atoms with Crippen LogP contribution in [-0.2, 0) is 4.79 Å². The van der Waals surface area contributed by atoms with Crippen molar-refractivity contribution in [3.05, 3.63) is 38.9 Å². The lowest BCUT2D eigenvalue weighted by atomic mass is 10.0. The van der Waals surface area contributed by atoms with E-state index in [1.54, 1.807) is 0 Å². The lowest BCUT2D eigenvalue weighted by Gasteiger charge is -2.25. The van der Waals surface area contributed by atoms with Crippen LogP contribution in [0.25, 0.3) is 0 Å². The normalized spacial score (nSPS) is 15.4. The molecule has 0 spiro atoms. The van der Waals surface area contributed by atoms with Crippen LogP contribution in [0.3, 0.4) is 0 Å². The van der Waals surface area contributed by atoms with Gasteiger partial charge in [0.2, 0.25) is 5.91 Å². The lowest BCUT2D eigenvalue weighted by Crippen LogP contribution is -2.54. The van der Waals surface area contributed by atoms with Crippen molar-refractivity contribution in [3.63, 3.8) is 0 Å². The van der Waals surface area contributed by atoms with E-state index in [9.17, 15) is 19.7 Å². The summed E-state index contributed by atoms with van der Waals surface area (Å²) < 4.78 is 0. The number of nitrogens with two attached hydrogens (primary N) is 1. The summed E-state index contributed by atoms with van der Waals surface area (Å²) in [6, 6.07) is 2.73. The number of nitrogens with zero attached hydrogens (tertiary/aromatic N) is 1. The quantitative estimate of drug-likeness (QED) is 0.440. The second kappa shape index (κ2) is 9.87. The summed E-state index contributed by atoms with van der Waals surface area (Å²) in [5.74, 6) is -0.617. The SMILES string of the molecule is CC(C)C(NC(=O)c1ccc([N+](=O)[O-])cc1Cl)C(=O)NC(CN)C1CC1.Cl. The first-order chi connectivity index (χ1) is 12.2. The van der Waals surface area contributed by atoms with Gasteiger partial charge in [0.05, 0.1) is 15.5 Å². The number of hydrogen-bond donors (Lipinski definition) is 3. The molecule has 0 bridgehead atoms. The highest BCUT2D eigenvalue weighted by atomic mass is 35.5. The van der Waals surface area contributed by atoms with Crippen molar-refractivity contribution in [2.24, 2.45) is 17.6 Å². The molecule has 2 amide bonds. The molecule has 1 aromatic rings. The maximum Gasteiger partial charge on any atom is 0.270 e. The molecule has 0 aromatic heterocycles. The second-order valence-corrected chi connectivity index (χ2v) is 7.21. The van der Waals surface area contributed by atoms with Gasteiger partial charge in [0.1, 0.15) is 6.04 Å². The van der Waals surface area contributed by atoms with Crippen molar-refractivity contribution in [2.75, 3.05) is 6.54 Å². The van der Waals surface area contributed by atoms with Crippen LogP contribution in [0.4, 0.5) is 5.69 Å². The van der Waals surface area contributed by atoms with E-state index in [1.807, 2.05) is 13.8 Å². The van der Waals surface area contributed by atoms with Gasteiger partial charge in [-0.2, -0.15) is 0 Å². The number of nitrogens with one attached hydrogen (secondary N) is 2. The zero-order valence-corrected chi connectivity index (χ0v) is 16.7. The smallest absolute Gasteiger partial charge is 0.270 e. The van der Waals surface area contributed by atoms with E-state index >= 15 is 0 Å². The third-order valence-corrected chi connectivity index (χ3v) is 4.73. The fraction of sp³-hybridized carbons (Fsp3) is 0.529. The maximum atomic E-state index is 12.6. The molecule has 1 saturated carbocycles. The number of halogens is 2. The van der Waals surface area contributed by atoms with E-state index in [1.165, 1.54) is 12.1 Å². The fourth-order valence-electron chi connectivity index (χ4n) is 2.70. The molecule has 0 aliphatic heterocycles. The van der Waals surface area contributed by atoms with Gasteiger partial charge in [-0.1, -0.05) is 25.4 Å². The highest BCUT2D eigenvalue weighted by Crippen LogP contribution is 2.32. The number of carbonyl (C=O) groups excluding carboxylic acids is 2. The van der Waals surface area contributed by atoms with Crippen LogP contribution in [0.15, 0.2) is 18.2 Å². The van der Waals surface area contributed by atoms with Crippen molar-refractivity contribution < 1.29 is 14.5 Å². The summed E-state index contributed by atoms with van der Waals surface area (Å²) in [6.07, 6.45) is 2.08. The number of benzene rings is 1. The summed E-state index contributed by atoms with van der Waals surface area (Å²) in [5, 5.41) is 16.3. The molecule has 0 saturated heterocycles. The van der Waals surface area contributed by atoms with Crippen LogP contribution >= 0.6 is 24.0 Å². The number of amides is 2. The highest BCUT2D eigenvalue weighted by Gasteiger charge is 2.34. The zero-order valence-electron chi connectivity index (χ0n) is 15.1. The van der Waals surface area contributed by atoms with Crippen LogP contribution < -0.4 is 16.4 Å². The molecule has 150 valence electrons. The number of nitro groups is 1. The van der Waals surface area contributed by atoms with E-state index in [-0.39, 0.29) is 46.5 Å². The maximum absolute atomic E-state index is 12.6. The van der Waals surface area contributed by atoms with Gasteiger partial charge < -0.3 is 16.4 Å². The molecule has 2 unspecified atom stereocenters. The largest absolute Gasteiger partial charge is 0.350 e. The van der Waals surface area contributed by atoms with Crippen molar-refractivity contribution in [1.82, 2.24) is 10.6 Å². The van der Waals surface area contributed by atoms with Crippen LogP contribution in [0.1, 0.15) is 37.0 Å². The van der Waals surface area contributed by atoms with Crippen LogP contribution in [-0.4, -0.2) is 35.4 Å². The minimum Gasteiger partial charge on any atom is -0.350 e. The lowest BCUT2D eigenvalue weighted by molar-refractivity contribution is -0.384. The molecule has 1 aliphatic rings. The van der Waals surface area contributed by atoms with Gasteiger partial charge in [0.15, 0.2) is 0 Å². The van der Waals surface area contributed by atoms with E-state index < -0.39 is 16.9 Å². The Labute approximate surface area is 168 Å². The molecule has 2 rings (SSSR count). The van der Waals surface area contributed by atoms with Gasteiger partial charge in [-0.15, -0.1) is 12.4 Å². The number of non-ortho nitro benzene ring substituents is 1. The van der Waals surface area contributed by atoms with Gasteiger partial charge in [0, 0.05) is 24.7 Å². The summed E-state index contributed by atoms with van der Waals surface area (Å²) in [6.45, 7) is 3.98. The number of hydrogen-bond acceptors (Lipinski definition) is 5. The standard InChI is InChI=1S/C17H23ClN4O4.ClH/c1-9(2)15(17(24)20-14(8-19)10-3-4-10)21-16(23)12-6-5-11(22(25)26)7-13(12)18;/h5-7,9-10,14-15H,3-4,8,19H2,1-2H3,(H,20,24)(H,21,23);1H. The first-order valence-corrected chi connectivity index (χ1v) is 8.87. The van der Waals surface area contributed by atoms with Crippen molar-refractivity contribution in [3.8, 4) is 0 Å². The Morgan fingerprint density at radius 2 is 1.96 bits per heavy atom. The molecule has 1 aliphatic carbocycles. The Bertz CT molecular complexity index is 710. The third-order valence-electron chi connectivity index (χ3n) is 4.42. The first-order valence-electron chi connectivity index (χ1n) is 8.49. The minimum absolute atomic E-state index is 0. The Balaban J connectivity index is 0.00000364. The molecule has 27 heavy (non-hydrogen) atoms. The summed E-state index contributed by atoms with van der Waals surface area (Å²) in [7, 11) is 0. The summed E-state index contributed by atoms with van der Waals surface area (Å²) in [4.78, 5) is 35.2. The number of rotatable bonds is 8. The van der Waals surface area contributed by atoms with E-state index in [0.717, 1.165) is 18.9 Å². The molecule has 2 atom stereocenters. The van der Waals surface area contributed by atoms with Crippen LogP contribution in [0, 0.1) is 22.0 Å². The summed E-state index contributed by atoms with van der Waals surface area (Å²) >= 11 is 5.99.